The van der Waals surface area contributed by atoms with E-state index in [0.717, 1.165) is 23.6 Å². The predicted molar refractivity (Wildman–Crippen MR) is 97.3 cm³/mol. The lowest BCUT2D eigenvalue weighted by Crippen LogP contribution is -2.67. The van der Waals surface area contributed by atoms with Crippen molar-refractivity contribution in [2.75, 3.05) is 19.7 Å². The summed E-state index contributed by atoms with van der Waals surface area (Å²) < 4.78 is 0. The molecule has 1 aromatic carbocycles. The Labute approximate surface area is 161 Å². The van der Waals surface area contributed by atoms with Crippen molar-refractivity contribution in [3.63, 3.8) is 0 Å². The Balaban J connectivity index is 1.51. The summed E-state index contributed by atoms with van der Waals surface area (Å²) in [5, 5.41) is 18.0. The van der Waals surface area contributed by atoms with Gasteiger partial charge < -0.3 is 15.7 Å². The van der Waals surface area contributed by atoms with Gasteiger partial charge in [0.1, 0.15) is 6.04 Å². The normalized spacial score (nSPS) is 23.5. The van der Waals surface area contributed by atoms with Crippen molar-refractivity contribution < 1.29 is 24.3 Å². The van der Waals surface area contributed by atoms with Crippen molar-refractivity contribution >= 4 is 23.6 Å². The quantitative estimate of drug-likeness (QED) is 0.457. The van der Waals surface area contributed by atoms with Crippen molar-refractivity contribution in [3.05, 3.63) is 34.9 Å². The molecular formula is C19H22N4O5. The fourth-order valence-electron chi connectivity index (χ4n) is 3.95. The molecule has 0 radical (unpaired) electrons. The number of hydrogen-bond donors (Lipinski definition) is 4. The number of rotatable bonds is 6. The van der Waals surface area contributed by atoms with Crippen molar-refractivity contribution in [1.29, 1.82) is 0 Å². The molecule has 0 bridgehead atoms. The van der Waals surface area contributed by atoms with Gasteiger partial charge in [-0.05, 0) is 30.5 Å². The van der Waals surface area contributed by atoms with Crippen LogP contribution in [0, 0.1) is 0 Å². The minimum absolute atomic E-state index is 0.0901. The molecule has 3 heterocycles. The zero-order valence-corrected chi connectivity index (χ0v) is 15.3. The molecule has 1 unspecified atom stereocenters. The van der Waals surface area contributed by atoms with Crippen LogP contribution in [0.25, 0.3) is 0 Å². The van der Waals surface area contributed by atoms with Gasteiger partial charge in [-0.3, -0.25) is 29.4 Å². The first-order chi connectivity index (χ1) is 13.4. The van der Waals surface area contributed by atoms with Gasteiger partial charge in [0.05, 0.1) is 11.1 Å². The fourth-order valence-corrected chi connectivity index (χ4v) is 3.95. The summed E-state index contributed by atoms with van der Waals surface area (Å²) in [6, 6.07) is 4.10. The second kappa shape index (κ2) is 7.08. The third-order valence-corrected chi connectivity index (χ3v) is 5.69. The number of benzene rings is 1. The van der Waals surface area contributed by atoms with Gasteiger partial charge in [-0.25, -0.2) is 0 Å². The van der Waals surface area contributed by atoms with Crippen LogP contribution in [0.15, 0.2) is 18.2 Å². The maximum absolute atomic E-state index is 12.8. The standard InChI is InChI=1S/C19H22N4O5/c24-6-5-19(9-20-10-19)21-8-11-1-2-12-13(7-11)18(28)23(17(12)27)14-3-4-15(25)22-16(14)26/h1-2,7,14,20-21,24H,3-6,8-10H2,(H,22,25,26). The second-order valence-corrected chi connectivity index (χ2v) is 7.54. The van der Waals surface area contributed by atoms with E-state index in [1.54, 1.807) is 18.2 Å². The van der Waals surface area contributed by atoms with Crippen LogP contribution in [0.3, 0.4) is 0 Å². The smallest absolute Gasteiger partial charge is 0.262 e. The number of nitrogens with zero attached hydrogens (tertiary/aromatic N) is 1. The number of piperidine rings is 1. The third kappa shape index (κ3) is 3.11. The Morgan fingerprint density at radius 2 is 1.89 bits per heavy atom. The first-order valence-corrected chi connectivity index (χ1v) is 9.35. The molecule has 3 aliphatic heterocycles. The van der Waals surface area contributed by atoms with E-state index in [2.05, 4.69) is 16.0 Å². The number of fused-ring (bicyclic) bond motifs is 1. The molecule has 0 aromatic heterocycles. The molecule has 2 saturated heterocycles. The molecule has 4 amide bonds. The van der Waals surface area contributed by atoms with Gasteiger partial charge in [0.2, 0.25) is 11.8 Å². The zero-order valence-electron chi connectivity index (χ0n) is 15.3. The average molecular weight is 386 g/mol. The SMILES string of the molecule is O=C1CCC(N2C(=O)c3ccc(CNC4(CCO)CNC4)cc3C2=O)C(=O)N1. The molecule has 9 heteroatoms. The third-order valence-electron chi connectivity index (χ3n) is 5.69. The average Bonchev–Trinajstić information content (AvgIpc) is 2.88. The lowest BCUT2D eigenvalue weighted by molar-refractivity contribution is -0.136. The molecule has 0 aliphatic carbocycles. The minimum Gasteiger partial charge on any atom is -0.396 e. The summed E-state index contributed by atoms with van der Waals surface area (Å²) in [4.78, 5) is 49.9. The highest BCUT2D eigenvalue weighted by Gasteiger charge is 2.44. The predicted octanol–water partition coefficient (Wildman–Crippen LogP) is -1.10. The Hall–Kier alpha value is -2.62. The summed E-state index contributed by atoms with van der Waals surface area (Å²) in [6.07, 6.45) is 0.868. The molecule has 4 rings (SSSR count). The van der Waals surface area contributed by atoms with Crippen LogP contribution in [0.5, 0.6) is 0 Å². The minimum atomic E-state index is -0.958. The summed E-state index contributed by atoms with van der Waals surface area (Å²) >= 11 is 0. The number of imide groups is 2. The first-order valence-electron chi connectivity index (χ1n) is 9.35. The molecule has 0 spiro atoms. The van der Waals surface area contributed by atoms with Crippen LogP contribution in [0.1, 0.15) is 45.5 Å². The van der Waals surface area contributed by atoms with Gasteiger partial charge in [0, 0.05) is 38.2 Å². The first kappa shape index (κ1) is 18.7. The zero-order chi connectivity index (χ0) is 19.9. The van der Waals surface area contributed by atoms with Crippen molar-refractivity contribution in [3.8, 4) is 0 Å². The van der Waals surface area contributed by atoms with Gasteiger partial charge in [-0.2, -0.15) is 0 Å². The van der Waals surface area contributed by atoms with Crippen LogP contribution in [0.4, 0.5) is 0 Å². The molecule has 2 fully saturated rings. The van der Waals surface area contributed by atoms with Gasteiger partial charge in [-0.15, -0.1) is 0 Å². The lowest BCUT2D eigenvalue weighted by Gasteiger charge is -2.43. The summed E-state index contributed by atoms with van der Waals surface area (Å²) in [5.74, 6) is -2.02. The van der Waals surface area contributed by atoms with E-state index in [9.17, 15) is 24.3 Å². The molecule has 148 valence electrons. The monoisotopic (exact) mass is 386 g/mol. The van der Waals surface area contributed by atoms with Crippen LogP contribution >= 0.6 is 0 Å². The molecular weight excluding hydrogens is 364 g/mol. The number of aliphatic hydroxyl groups is 1. The van der Waals surface area contributed by atoms with E-state index in [-0.39, 0.29) is 36.1 Å². The number of amides is 4. The van der Waals surface area contributed by atoms with E-state index in [1.807, 2.05) is 0 Å². The van der Waals surface area contributed by atoms with E-state index in [0.29, 0.717) is 13.0 Å². The van der Waals surface area contributed by atoms with Crippen LogP contribution in [-0.4, -0.2) is 64.9 Å². The Morgan fingerprint density at radius 1 is 1.14 bits per heavy atom. The number of aliphatic hydroxyl groups excluding tert-OH is 1. The lowest BCUT2D eigenvalue weighted by atomic mass is 9.88. The van der Waals surface area contributed by atoms with Gasteiger partial charge in [0.15, 0.2) is 0 Å². The molecule has 0 saturated carbocycles. The molecule has 4 N–H and O–H groups in total. The highest BCUT2D eigenvalue weighted by Crippen LogP contribution is 2.28. The number of hydrogen-bond acceptors (Lipinski definition) is 7. The van der Waals surface area contributed by atoms with Gasteiger partial charge in [-0.1, -0.05) is 6.07 Å². The Morgan fingerprint density at radius 3 is 2.54 bits per heavy atom. The van der Waals surface area contributed by atoms with Crippen LogP contribution in [0.2, 0.25) is 0 Å². The van der Waals surface area contributed by atoms with Gasteiger partial charge >= 0.3 is 0 Å². The second-order valence-electron chi connectivity index (χ2n) is 7.54. The van der Waals surface area contributed by atoms with Gasteiger partial charge in [0.25, 0.3) is 11.8 Å². The maximum Gasteiger partial charge on any atom is 0.262 e. The Bertz CT molecular complexity index is 864. The van der Waals surface area contributed by atoms with E-state index < -0.39 is 29.7 Å². The highest BCUT2D eigenvalue weighted by molar-refractivity contribution is 6.23. The molecule has 1 atom stereocenters. The van der Waals surface area contributed by atoms with E-state index in [4.69, 9.17) is 0 Å². The van der Waals surface area contributed by atoms with Crippen LogP contribution in [-0.2, 0) is 16.1 Å². The molecule has 3 aliphatic rings. The van der Waals surface area contributed by atoms with Crippen LogP contribution < -0.4 is 16.0 Å². The molecule has 1 aromatic rings. The summed E-state index contributed by atoms with van der Waals surface area (Å²) in [5.41, 5.74) is 1.23. The molecule has 9 nitrogen and oxygen atoms in total. The van der Waals surface area contributed by atoms with Crippen molar-refractivity contribution in [2.45, 2.75) is 37.4 Å². The fraction of sp³-hybridized carbons (Fsp3) is 0.474. The Kier molecular flexibility index (Phi) is 4.74. The van der Waals surface area contributed by atoms with Crippen molar-refractivity contribution in [2.24, 2.45) is 0 Å². The van der Waals surface area contributed by atoms with E-state index in [1.165, 1.54) is 0 Å². The maximum atomic E-state index is 12.8. The summed E-state index contributed by atoms with van der Waals surface area (Å²) in [7, 11) is 0. The van der Waals surface area contributed by atoms with Crippen molar-refractivity contribution in [1.82, 2.24) is 20.9 Å². The summed E-state index contributed by atoms with van der Waals surface area (Å²) in [6.45, 7) is 2.11. The highest BCUT2D eigenvalue weighted by atomic mass is 16.3. The largest absolute Gasteiger partial charge is 0.396 e. The molecule has 28 heavy (non-hydrogen) atoms. The number of carbonyl (C=O) groups excluding carboxylic acids is 4. The topological polar surface area (TPSA) is 128 Å². The number of nitrogens with one attached hydrogen (secondary N) is 3. The number of carbonyl (C=O) groups is 4. The van der Waals surface area contributed by atoms with E-state index >= 15 is 0 Å².